The quantitative estimate of drug-likeness (QED) is 0.778. The second-order valence-electron chi connectivity index (χ2n) is 7.01. The van der Waals surface area contributed by atoms with Crippen molar-refractivity contribution < 1.29 is 9.53 Å². The van der Waals surface area contributed by atoms with Crippen molar-refractivity contribution in [1.82, 2.24) is 5.32 Å². The predicted molar refractivity (Wildman–Crippen MR) is 98.4 cm³/mol. The molecular weight excluding hydrogens is 298 g/mol. The molecule has 0 aromatic heterocycles. The minimum Gasteiger partial charge on any atom is -0.484 e. The van der Waals surface area contributed by atoms with Gasteiger partial charge < -0.3 is 10.1 Å². The first-order valence-corrected chi connectivity index (χ1v) is 8.49. The van der Waals surface area contributed by atoms with Crippen LogP contribution in [0.1, 0.15) is 38.3 Å². The van der Waals surface area contributed by atoms with Gasteiger partial charge in [0, 0.05) is 6.54 Å². The summed E-state index contributed by atoms with van der Waals surface area (Å²) in [7, 11) is 0. The summed E-state index contributed by atoms with van der Waals surface area (Å²) in [6, 6.07) is 18.2. The molecule has 2 aromatic carbocycles. The minimum atomic E-state index is -0.0794. The van der Waals surface area contributed by atoms with Crippen LogP contribution in [0.4, 0.5) is 0 Å². The third-order valence-electron chi connectivity index (χ3n) is 3.88. The average Bonchev–Trinajstić information content (AvgIpc) is 2.57. The fourth-order valence-electron chi connectivity index (χ4n) is 2.42. The van der Waals surface area contributed by atoms with Crippen molar-refractivity contribution in [3.05, 3.63) is 65.7 Å². The van der Waals surface area contributed by atoms with Crippen LogP contribution in [0.2, 0.25) is 0 Å². The van der Waals surface area contributed by atoms with E-state index in [2.05, 4.69) is 44.3 Å². The van der Waals surface area contributed by atoms with Gasteiger partial charge in [0.15, 0.2) is 6.61 Å². The van der Waals surface area contributed by atoms with Gasteiger partial charge in [-0.15, -0.1) is 0 Å². The summed E-state index contributed by atoms with van der Waals surface area (Å²) in [5.74, 6) is 0.658. The van der Waals surface area contributed by atoms with Crippen LogP contribution in [0, 0.1) is 0 Å². The van der Waals surface area contributed by atoms with E-state index in [0.717, 1.165) is 18.6 Å². The Kier molecular flexibility index (Phi) is 6.42. The van der Waals surface area contributed by atoms with Crippen LogP contribution in [0.25, 0.3) is 0 Å². The molecule has 0 unspecified atom stereocenters. The molecule has 0 atom stereocenters. The van der Waals surface area contributed by atoms with E-state index in [1.807, 2.05) is 36.4 Å². The molecule has 2 rings (SSSR count). The van der Waals surface area contributed by atoms with Crippen LogP contribution < -0.4 is 10.1 Å². The normalized spacial score (nSPS) is 11.1. The van der Waals surface area contributed by atoms with Gasteiger partial charge in [-0.2, -0.15) is 0 Å². The number of amides is 1. The zero-order valence-electron chi connectivity index (χ0n) is 14.8. The summed E-state index contributed by atoms with van der Waals surface area (Å²) in [6.07, 6.45) is 1.89. The van der Waals surface area contributed by atoms with Gasteiger partial charge in [0.1, 0.15) is 5.75 Å². The molecule has 0 aliphatic rings. The Morgan fingerprint density at radius 3 is 2.50 bits per heavy atom. The lowest BCUT2D eigenvalue weighted by Gasteiger charge is -2.19. The lowest BCUT2D eigenvalue weighted by atomic mass is 9.87. The monoisotopic (exact) mass is 325 g/mol. The number of aryl methyl sites for hydroxylation is 1. The van der Waals surface area contributed by atoms with Crippen molar-refractivity contribution >= 4 is 5.91 Å². The number of hydrogen-bond acceptors (Lipinski definition) is 2. The van der Waals surface area contributed by atoms with E-state index < -0.39 is 0 Å². The van der Waals surface area contributed by atoms with Crippen molar-refractivity contribution in [3.63, 3.8) is 0 Å². The smallest absolute Gasteiger partial charge is 0.257 e. The Hall–Kier alpha value is -2.29. The second kappa shape index (κ2) is 8.53. The van der Waals surface area contributed by atoms with E-state index in [0.29, 0.717) is 6.54 Å². The van der Waals surface area contributed by atoms with Gasteiger partial charge in [-0.1, -0.05) is 63.2 Å². The molecule has 0 aliphatic heterocycles. The molecule has 0 heterocycles. The van der Waals surface area contributed by atoms with Gasteiger partial charge in [0.2, 0.25) is 0 Å². The maximum atomic E-state index is 11.9. The molecule has 24 heavy (non-hydrogen) atoms. The highest BCUT2D eigenvalue weighted by molar-refractivity contribution is 5.77. The average molecular weight is 325 g/mol. The van der Waals surface area contributed by atoms with Crippen molar-refractivity contribution in [2.75, 3.05) is 13.2 Å². The molecule has 2 aromatic rings. The van der Waals surface area contributed by atoms with Crippen LogP contribution in [-0.2, 0) is 16.6 Å². The highest BCUT2D eigenvalue weighted by Gasteiger charge is 2.14. The first kappa shape index (κ1) is 18.1. The van der Waals surface area contributed by atoms with Gasteiger partial charge >= 0.3 is 0 Å². The summed E-state index contributed by atoms with van der Waals surface area (Å²) in [5.41, 5.74) is 2.56. The number of ether oxygens (including phenoxy) is 1. The van der Waals surface area contributed by atoms with E-state index in [1.54, 1.807) is 0 Å². The predicted octanol–water partition coefficient (Wildman–Crippen LogP) is 4.11. The molecular formula is C21H27NO2. The van der Waals surface area contributed by atoms with E-state index in [9.17, 15) is 4.79 Å². The maximum absolute atomic E-state index is 11.9. The third kappa shape index (κ3) is 6.07. The van der Waals surface area contributed by atoms with E-state index in [-0.39, 0.29) is 17.9 Å². The molecule has 0 saturated carbocycles. The summed E-state index contributed by atoms with van der Waals surface area (Å²) in [6.45, 7) is 7.20. The first-order valence-electron chi connectivity index (χ1n) is 8.49. The zero-order valence-corrected chi connectivity index (χ0v) is 14.8. The number of nitrogens with one attached hydrogen (secondary N) is 1. The van der Waals surface area contributed by atoms with Crippen molar-refractivity contribution in [3.8, 4) is 5.75 Å². The standard InChI is InChI=1S/C21H27NO2/c1-21(2,3)18-12-7-13-19(15-18)24-16-20(23)22-14-8-11-17-9-5-4-6-10-17/h4-7,9-10,12-13,15H,8,11,14,16H2,1-3H3,(H,22,23). The van der Waals surface area contributed by atoms with Crippen molar-refractivity contribution in [2.45, 2.75) is 39.0 Å². The second-order valence-corrected chi connectivity index (χ2v) is 7.01. The summed E-state index contributed by atoms with van der Waals surface area (Å²) < 4.78 is 5.61. The molecule has 1 amide bonds. The SMILES string of the molecule is CC(C)(C)c1cccc(OCC(=O)NCCCc2ccccc2)c1. The number of hydrogen-bond donors (Lipinski definition) is 1. The number of carbonyl (C=O) groups is 1. The Balaban J connectivity index is 1.70. The van der Waals surface area contributed by atoms with Gasteiger partial charge in [-0.3, -0.25) is 4.79 Å². The van der Waals surface area contributed by atoms with Crippen molar-refractivity contribution in [2.24, 2.45) is 0 Å². The number of carbonyl (C=O) groups excluding carboxylic acids is 1. The summed E-state index contributed by atoms with van der Waals surface area (Å²) in [5, 5.41) is 2.90. The van der Waals surface area contributed by atoms with Crippen LogP contribution in [0.3, 0.4) is 0 Å². The third-order valence-corrected chi connectivity index (χ3v) is 3.88. The fraction of sp³-hybridized carbons (Fsp3) is 0.381. The Morgan fingerprint density at radius 2 is 1.79 bits per heavy atom. The number of benzene rings is 2. The summed E-state index contributed by atoms with van der Waals surface area (Å²) in [4.78, 5) is 11.9. The molecule has 0 bridgehead atoms. The van der Waals surface area contributed by atoms with Gasteiger partial charge in [0.05, 0.1) is 0 Å². The summed E-state index contributed by atoms with van der Waals surface area (Å²) >= 11 is 0. The largest absolute Gasteiger partial charge is 0.484 e. The topological polar surface area (TPSA) is 38.3 Å². The molecule has 0 spiro atoms. The Labute approximate surface area is 145 Å². The van der Waals surface area contributed by atoms with Crippen LogP contribution in [-0.4, -0.2) is 19.1 Å². The lowest BCUT2D eigenvalue weighted by molar-refractivity contribution is -0.123. The van der Waals surface area contributed by atoms with Crippen LogP contribution >= 0.6 is 0 Å². The van der Waals surface area contributed by atoms with Gasteiger partial charge in [-0.05, 0) is 41.5 Å². The molecule has 1 N–H and O–H groups in total. The van der Waals surface area contributed by atoms with E-state index in [1.165, 1.54) is 11.1 Å². The molecule has 3 nitrogen and oxygen atoms in total. The first-order chi connectivity index (χ1) is 11.4. The zero-order chi connectivity index (χ0) is 17.4. The molecule has 3 heteroatoms. The van der Waals surface area contributed by atoms with E-state index >= 15 is 0 Å². The molecule has 0 aliphatic carbocycles. The number of rotatable bonds is 7. The van der Waals surface area contributed by atoms with Crippen molar-refractivity contribution in [1.29, 1.82) is 0 Å². The minimum absolute atomic E-state index is 0.0545. The van der Waals surface area contributed by atoms with E-state index in [4.69, 9.17) is 4.74 Å². The molecule has 0 fully saturated rings. The molecule has 128 valence electrons. The highest BCUT2D eigenvalue weighted by Crippen LogP contribution is 2.25. The Bertz CT molecular complexity index is 644. The van der Waals surface area contributed by atoms with Crippen LogP contribution in [0.5, 0.6) is 5.75 Å². The van der Waals surface area contributed by atoms with Gasteiger partial charge in [0.25, 0.3) is 5.91 Å². The molecule has 0 radical (unpaired) electrons. The lowest BCUT2D eigenvalue weighted by Crippen LogP contribution is -2.30. The Morgan fingerprint density at radius 1 is 1.04 bits per heavy atom. The van der Waals surface area contributed by atoms with Crippen LogP contribution in [0.15, 0.2) is 54.6 Å². The van der Waals surface area contributed by atoms with Gasteiger partial charge in [-0.25, -0.2) is 0 Å². The highest BCUT2D eigenvalue weighted by atomic mass is 16.5. The molecule has 0 saturated heterocycles. The maximum Gasteiger partial charge on any atom is 0.257 e. The fourth-order valence-corrected chi connectivity index (χ4v) is 2.42.